The highest BCUT2D eigenvalue weighted by atomic mass is 31.2. The quantitative estimate of drug-likeness (QED) is 0.0222. The zero-order chi connectivity index (χ0) is 73.0. The van der Waals surface area contributed by atoms with E-state index in [2.05, 4.69) is 48.5 Å². The van der Waals surface area contributed by atoms with Crippen LogP contribution in [0.3, 0.4) is 0 Å². The van der Waals surface area contributed by atoms with E-state index in [9.17, 15) is 43.2 Å². The smallest absolute Gasteiger partial charge is 0.462 e. The third-order valence-corrected chi connectivity index (χ3v) is 21.6. The molecule has 0 aromatic heterocycles. The van der Waals surface area contributed by atoms with Crippen LogP contribution in [0.25, 0.3) is 0 Å². The highest BCUT2D eigenvalue weighted by Crippen LogP contribution is 2.45. The second-order valence-corrected chi connectivity index (χ2v) is 32.4. The zero-order valence-electron chi connectivity index (χ0n) is 65.0. The topological polar surface area (TPSA) is 237 Å². The van der Waals surface area contributed by atoms with Crippen LogP contribution in [0, 0.1) is 17.8 Å². The molecule has 99 heavy (non-hydrogen) atoms. The van der Waals surface area contributed by atoms with Crippen molar-refractivity contribution >= 4 is 39.5 Å². The third-order valence-electron chi connectivity index (χ3n) is 19.7. The maximum absolute atomic E-state index is 13.1. The van der Waals surface area contributed by atoms with Gasteiger partial charge in [0, 0.05) is 25.7 Å². The summed E-state index contributed by atoms with van der Waals surface area (Å²) < 4.78 is 68.4. The van der Waals surface area contributed by atoms with Gasteiger partial charge in [0.15, 0.2) is 12.2 Å². The number of rotatable bonds is 78. The first-order chi connectivity index (χ1) is 47.8. The fourth-order valence-corrected chi connectivity index (χ4v) is 13.8. The van der Waals surface area contributed by atoms with E-state index in [1.54, 1.807) is 0 Å². The molecule has 0 aliphatic carbocycles. The number of hydrogen-bond acceptors (Lipinski definition) is 15. The predicted octanol–water partition coefficient (Wildman–Crippen LogP) is 23.7. The van der Waals surface area contributed by atoms with E-state index in [0.29, 0.717) is 25.7 Å². The molecule has 0 aromatic rings. The Hall–Kier alpha value is -1.94. The first-order valence-electron chi connectivity index (χ1n) is 41.5. The van der Waals surface area contributed by atoms with Crippen molar-refractivity contribution in [1.29, 1.82) is 0 Å². The number of carbonyl (C=O) groups excluding carboxylic acids is 4. The second kappa shape index (κ2) is 70.4. The molecule has 0 amide bonds. The van der Waals surface area contributed by atoms with Crippen molar-refractivity contribution in [2.24, 2.45) is 17.8 Å². The van der Waals surface area contributed by atoms with Gasteiger partial charge >= 0.3 is 39.5 Å². The van der Waals surface area contributed by atoms with Crippen LogP contribution >= 0.6 is 15.6 Å². The maximum atomic E-state index is 13.1. The van der Waals surface area contributed by atoms with Crippen molar-refractivity contribution in [3.63, 3.8) is 0 Å². The van der Waals surface area contributed by atoms with Crippen LogP contribution in [0.4, 0.5) is 0 Å². The van der Waals surface area contributed by atoms with Crippen molar-refractivity contribution in [1.82, 2.24) is 0 Å². The minimum atomic E-state index is -4.96. The van der Waals surface area contributed by atoms with Gasteiger partial charge in [-0.1, -0.05) is 363 Å². The summed E-state index contributed by atoms with van der Waals surface area (Å²) in [5.41, 5.74) is 0. The van der Waals surface area contributed by atoms with E-state index >= 15 is 0 Å². The Morgan fingerprint density at radius 2 is 0.485 bits per heavy atom. The molecule has 17 nitrogen and oxygen atoms in total. The monoisotopic (exact) mass is 1450 g/mol. The largest absolute Gasteiger partial charge is 0.472 e. The average Bonchev–Trinajstić information content (AvgIpc) is 1.02. The highest BCUT2D eigenvalue weighted by molar-refractivity contribution is 7.47. The third kappa shape index (κ3) is 70.2. The average molecular weight is 1450 g/mol. The fourth-order valence-electron chi connectivity index (χ4n) is 12.2. The Morgan fingerprint density at radius 3 is 0.717 bits per heavy atom. The molecule has 0 rings (SSSR count). The minimum absolute atomic E-state index is 0.105. The number of esters is 4. The summed E-state index contributed by atoms with van der Waals surface area (Å²) in [5.74, 6) is 0.400. The Bertz CT molecular complexity index is 1930. The number of aliphatic hydroxyl groups excluding tert-OH is 1. The summed E-state index contributed by atoms with van der Waals surface area (Å²) in [6.45, 7) is 12.0. The van der Waals surface area contributed by atoms with Gasteiger partial charge < -0.3 is 33.8 Å². The lowest BCUT2D eigenvalue weighted by Crippen LogP contribution is -2.30. The lowest BCUT2D eigenvalue weighted by molar-refractivity contribution is -0.161. The molecule has 5 unspecified atom stereocenters. The first kappa shape index (κ1) is 97.1. The molecular weight excluding hydrogens is 1290 g/mol. The van der Waals surface area contributed by atoms with E-state index in [0.717, 1.165) is 114 Å². The lowest BCUT2D eigenvalue weighted by Gasteiger charge is -2.21. The summed E-state index contributed by atoms with van der Waals surface area (Å²) in [7, 11) is -9.91. The number of phosphoric acid groups is 2. The predicted molar refractivity (Wildman–Crippen MR) is 405 cm³/mol. The minimum Gasteiger partial charge on any atom is -0.462 e. The number of ether oxygens (including phenoxy) is 4. The number of unbranched alkanes of at least 4 members (excludes halogenated alkanes) is 43. The van der Waals surface area contributed by atoms with E-state index in [1.807, 2.05) is 0 Å². The van der Waals surface area contributed by atoms with Crippen LogP contribution in [0.5, 0.6) is 0 Å². The molecule has 0 spiro atoms. The molecule has 8 atom stereocenters. The van der Waals surface area contributed by atoms with Crippen LogP contribution in [0.15, 0.2) is 0 Å². The zero-order valence-corrected chi connectivity index (χ0v) is 66.8. The Labute approximate surface area is 607 Å². The van der Waals surface area contributed by atoms with Crippen molar-refractivity contribution in [3.8, 4) is 0 Å². The number of aliphatic hydroxyl groups is 1. The van der Waals surface area contributed by atoms with Gasteiger partial charge in [0.05, 0.1) is 26.4 Å². The van der Waals surface area contributed by atoms with E-state index in [-0.39, 0.29) is 25.7 Å². The molecule has 0 aliphatic rings. The van der Waals surface area contributed by atoms with Crippen molar-refractivity contribution in [2.45, 2.75) is 433 Å². The Morgan fingerprint density at radius 1 is 0.283 bits per heavy atom. The van der Waals surface area contributed by atoms with Crippen LogP contribution in [0.2, 0.25) is 0 Å². The normalized spacial score (nSPS) is 14.8. The summed E-state index contributed by atoms with van der Waals surface area (Å²) in [5, 5.41) is 10.6. The van der Waals surface area contributed by atoms with E-state index in [1.165, 1.54) is 218 Å². The molecule has 19 heteroatoms. The lowest BCUT2D eigenvalue weighted by atomic mass is 9.99. The number of phosphoric ester groups is 2. The Kier molecular flexibility index (Phi) is 69.0. The van der Waals surface area contributed by atoms with Crippen LogP contribution in [-0.4, -0.2) is 96.7 Å². The molecular formula is C80H156O17P2. The Balaban J connectivity index is 5.13. The van der Waals surface area contributed by atoms with Gasteiger partial charge in [-0.15, -0.1) is 0 Å². The molecule has 0 heterocycles. The van der Waals surface area contributed by atoms with Gasteiger partial charge in [-0.3, -0.25) is 37.3 Å². The van der Waals surface area contributed by atoms with Crippen LogP contribution in [0.1, 0.15) is 414 Å². The van der Waals surface area contributed by atoms with E-state index in [4.69, 9.17) is 37.0 Å². The van der Waals surface area contributed by atoms with Gasteiger partial charge in [-0.05, 0) is 43.4 Å². The van der Waals surface area contributed by atoms with Gasteiger partial charge in [-0.2, -0.15) is 0 Å². The van der Waals surface area contributed by atoms with Crippen molar-refractivity contribution < 1.29 is 80.2 Å². The van der Waals surface area contributed by atoms with Gasteiger partial charge in [0.2, 0.25) is 0 Å². The highest BCUT2D eigenvalue weighted by Gasteiger charge is 2.30. The molecule has 588 valence electrons. The molecule has 0 aliphatic heterocycles. The van der Waals surface area contributed by atoms with Gasteiger partial charge in [-0.25, -0.2) is 9.13 Å². The molecule has 0 saturated heterocycles. The summed E-state index contributed by atoms with van der Waals surface area (Å²) in [6, 6.07) is 0. The van der Waals surface area contributed by atoms with Gasteiger partial charge in [0.25, 0.3) is 0 Å². The summed E-state index contributed by atoms with van der Waals surface area (Å²) in [4.78, 5) is 72.7. The summed E-state index contributed by atoms with van der Waals surface area (Å²) >= 11 is 0. The van der Waals surface area contributed by atoms with Crippen molar-refractivity contribution in [3.05, 3.63) is 0 Å². The maximum Gasteiger partial charge on any atom is 0.472 e. The van der Waals surface area contributed by atoms with Crippen LogP contribution in [-0.2, 0) is 65.4 Å². The molecule has 0 saturated carbocycles. The summed E-state index contributed by atoms with van der Waals surface area (Å²) in [6.07, 6.45) is 58.6. The first-order valence-corrected chi connectivity index (χ1v) is 44.5. The molecule has 3 N–H and O–H groups in total. The molecule has 0 radical (unpaired) electrons. The van der Waals surface area contributed by atoms with Crippen molar-refractivity contribution in [2.75, 3.05) is 39.6 Å². The molecule has 0 fully saturated rings. The molecule has 0 bridgehead atoms. The van der Waals surface area contributed by atoms with E-state index < -0.39 is 97.5 Å². The number of hydrogen-bond donors (Lipinski definition) is 3. The van der Waals surface area contributed by atoms with Crippen LogP contribution < -0.4 is 0 Å². The second-order valence-electron chi connectivity index (χ2n) is 29.5. The molecule has 0 aromatic carbocycles. The fraction of sp³-hybridized carbons (Fsp3) is 0.950. The van der Waals surface area contributed by atoms with Gasteiger partial charge in [0.1, 0.15) is 19.3 Å². The number of carbonyl (C=O) groups is 4. The standard InChI is InChI=1S/C80H156O17P2/c1-8-12-13-44-54-61-77(82)90-67-75(96-79(84)64-57-50-43-37-31-30-34-40-47-53-60-73(7)11-4)69-94-98(86,87)92-65-74(81)66-93-99(88,89)95-70-76(68-91-78(83)62-55-48-41-35-28-24-21-20-23-27-33-39-46-52-59-72(6)10-3)97-80(85)63-56-49-42-36-29-25-19-17-15-14-16-18-22-26-32-38-45-51-58-71(5)9-2/h71-76,81H,8-70H2,1-7H3,(H,86,87)(H,88,89)/t71?,72?,73?,74-,75+,76+/m0/s1. The SMILES string of the molecule is CCCCCCCC(=O)OC[C@H](COP(=O)(O)OC[C@H](O)COP(=O)(O)OC[C@@H](COC(=O)CCCCCCCCCCCCCCCCC(C)CC)OC(=O)CCCCCCCCCCCCCCCCCCCCC(C)CC)OC(=O)CCCCCCCCCCCCC(C)CC.